The number of aromatic hydroxyl groups is 1. The molecule has 0 aromatic heterocycles. The maximum atomic E-state index is 9.63. The maximum absolute atomic E-state index is 9.63. The van der Waals surface area contributed by atoms with Crippen molar-refractivity contribution in [1.82, 2.24) is 0 Å². The van der Waals surface area contributed by atoms with Gasteiger partial charge in [0.1, 0.15) is 5.75 Å². The average molecular weight is 260 g/mol. The van der Waals surface area contributed by atoms with Crippen LogP contribution in [0.25, 0.3) is 0 Å². The quantitative estimate of drug-likeness (QED) is 0.804. The number of aliphatic hydroxyl groups excluding tert-OH is 1. The summed E-state index contributed by atoms with van der Waals surface area (Å²) in [6.45, 7) is 2.94. The highest BCUT2D eigenvalue weighted by Crippen LogP contribution is 2.50. The van der Waals surface area contributed by atoms with Crippen LogP contribution in [0.15, 0.2) is 35.9 Å². The van der Waals surface area contributed by atoms with Gasteiger partial charge in [-0.15, -0.1) is 0 Å². The van der Waals surface area contributed by atoms with Crippen LogP contribution in [-0.2, 0) is 4.74 Å². The third-order valence-electron chi connectivity index (χ3n) is 4.59. The zero-order valence-electron chi connectivity index (χ0n) is 11.2. The summed E-state index contributed by atoms with van der Waals surface area (Å²) in [7, 11) is 0. The van der Waals surface area contributed by atoms with E-state index in [-0.39, 0.29) is 23.9 Å². The lowest BCUT2D eigenvalue weighted by Gasteiger charge is -2.47. The number of rotatable bonds is 2. The van der Waals surface area contributed by atoms with Gasteiger partial charge in [0.15, 0.2) is 0 Å². The minimum absolute atomic E-state index is 0.0387. The molecule has 1 saturated heterocycles. The van der Waals surface area contributed by atoms with E-state index >= 15 is 0 Å². The zero-order valence-corrected chi connectivity index (χ0v) is 11.2. The number of ether oxygens (including phenoxy) is 1. The number of hydrogen-bond donors (Lipinski definition) is 2. The Hall–Kier alpha value is -1.32. The lowest BCUT2D eigenvalue weighted by Crippen LogP contribution is -2.43. The van der Waals surface area contributed by atoms with Crippen LogP contribution < -0.4 is 0 Å². The summed E-state index contributed by atoms with van der Waals surface area (Å²) in [4.78, 5) is 0. The molecular weight excluding hydrogens is 240 g/mol. The van der Waals surface area contributed by atoms with Crippen LogP contribution in [0.5, 0.6) is 5.75 Å². The molecule has 0 saturated carbocycles. The molecule has 2 N–H and O–H groups in total. The molecule has 1 unspecified atom stereocenters. The van der Waals surface area contributed by atoms with E-state index in [9.17, 15) is 10.2 Å². The first-order valence-corrected chi connectivity index (χ1v) is 6.82. The van der Waals surface area contributed by atoms with Crippen molar-refractivity contribution >= 4 is 0 Å². The van der Waals surface area contributed by atoms with E-state index < -0.39 is 0 Å². The molecule has 19 heavy (non-hydrogen) atoms. The molecule has 1 aliphatic carbocycles. The number of fused-ring (bicyclic) bond motifs is 2. The molecular formula is C16H20O3. The first-order chi connectivity index (χ1) is 9.13. The second kappa shape index (κ2) is 4.66. The summed E-state index contributed by atoms with van der Waals surface area (Å²) in [5, 5.41) is 19.0. The fraction of sp³-hybridized carbons (Fsp3) is 0.500. The molecule has 1 fully saturated rings. The van der Waals surface area contributed by atoms with Crippen LogP contribution in [0.2, 0.25) is 0 Å². The number of allylic oxidation sites excluding steroid dienone is 1. The van der Waals surface area contributed by atoms with Gasteiger partial charge < -0.3 is 14.9 Å². The second-order valence-corrected chi connectivity index (χ2v) is 5.94. The molecule has 3 atom stereocenters. The average Bonchev–Trinajstić information content (AvgIpc) is 2.45. The number of phenolic OH excluding ortho intramolecular Hbond substituents is 1. The Morgan fingerprint density at radius 3 is 2.74 bits per heavy atom. The van der Waals surface area contributed by atoms with Crippen LogP contribution in [0.3, 0.4) is 0 Å². The first-order valence-electron chi connectivity index (χ1n) is 6.82. The lowest BCUT2D eigenvalue weighted by atomic mass is 9.67. The highest BCUT2D eigenvalue weighted by molar-refractivity contribution is 5.30. The van der Waals surface area contributed by atoms with Gasteiger partial charge in [-0.05, 0) is 37.5 Å². The predicted molar refractivity (Wildman–Crippen MR) is 72.8 cm³/mol. The fourth-order valence-electron chi connectivity index (χ4n) is 3.25. The number of aliphatic hydroxyl groups is 1. The minimum Gasteiger partial charge on any atom is -0.508 e. The van der Waals surface area contributed by atoms with Crippen LogP contribution in [0.1, 0.15) is 31.4 Å². The predicted octanol–water partition coefficient (Wildman–Crippen LogP) is 2.80. The van der Waals surface area contributed by atoms with Crippen molar-refractivity contribution in [2.45, 2.75) is 25.9 Å². The summed E-state index contributed by atoms with van der Waals surface area (Å²) in [5.74, 6) is 0.611. The highest BCUT2D eigenvalue weighted by atomic mass is 16.5. The molecule has 1 heterocycles. The van der Waals surface area contributed by atoms with Crippen molar-refractivity contribution in [1.29, 1.82) is 0 Å². The molecule has 1 aliphatic heterocycles. The Bertz CT molecular complexity index is 491. The summed E-state index contributed by atoms with van der Waals surface area (Å²) < 4.78 is 6.05. The SMILES string of the molecule is CC1=CC[C@@]2(CO)COC(c3ccc(O)cc3)[C@H]1C2. The molecule has 0 radical (unpaired) electrons. The van der Waals surface area contributed by atoms with Crippen molar-refractivity contribution in [3.05, 3.63) is 41.5 Å². The Kier molecular flexibility index (Phi) is 3.11. The Morgan fingerprint density at radius 2 is 2.05 bits per heavy atom. The molecule has 3 nitrogen and oxygen atoms in total. The first kappa shape index (κ1) is 12.7. The zero-order chi connectivity index (χ0) is 13.5. The smallest absolute Gasteiger partial charge is 0.115 e. The van der Waals surface area contributed by atoms with Gasteiger partial charge in [-0.2, -0.15) is 0 Å². The molecule has 102 valence electrons. The summed E-state index contributed by atoms with van der Waals surface area (Å²) in [6, 6.07) is 7.25. The van der Waals surface area contributed by atoms with Crippen molar-refractivity contribution in [3.8, 4) is 5.75 Å². The van der Waals surface area contributed by atoms with E-state index in [4.69, 9.17) is 4.74 Å². The molecule has 1 aromatic carbocycles. The van der Waals surface area contributed by atoms with E-state index in [0.29, 0.717) is 12.5 Å². The molecule has 0 amide bonds. The van der Waals surface area contributed by atoms with E-state index in [0.717, 1.165) is 18.4 Å². The Labute approximate surface area is 113 Å². The Morgan fingerprint density at radius 1 is 1.32 bits per heavy atom. The van der Waals surface area contributed by atoms with E-state index in [2.05, 4.69) is 13.0 Å². The van der Waals surface area contributed by atoms with Crippen LogP contribution >= 0.6 is 0 Å². The molecule has 0 spiro atoms. The minimum atomic E-state index is -0.0857. The van der Waals surface area contributed by atoms with Gasteiger partial charge in [-0.25, -0.2) is 0 Å². The molecule has 3 rings (SSSR count). The Balaban J connectivity index is 1.91. The van der Waals surface area contributed by atoms with E-state index in [1.54, 1.807) is 12.1 Å². The van der Waals surface area contributed by atoms with Crippen LogP contribution in [0, 0.1) is 11.3 Å². The van der Waals surface area contributed by atoms with Crippen molar-refractivity contribution < 1.29 is 14.9 Å². The highest BCUT2D eigenvalue weighted by Gasteiger charge is 2.44. The van der Waals surface area contributed by atoms with E-state index in [1.165, 1.54) is 5.57 Å². The third-order valence-corrected chi connectivity index (χ3v) is 4.59. The molecule has 3 heteroatoms. The van der Waals surface area contributed by atoms with Crippen LogP contribution in [0.4, 0.5) is 0 Å². The molecule has 1 aromatic rings. The lowest BCUT2D eigenvalue weighted by molar-refractivity contribution is -0.113. The van der Waals surface area contributed by atoms with Gasteiger partial charge in [0.05, 0.1) is 19.3 Å². The molecule has 2 aliphatic rings. The fourth-order valence-corrected chi connectivity index (χ4v) is 3.25. The molecule has 2 bridgehead atoms. The number of phenols is 1. The van der Waals surface area contributed by atoms with Crippen LogP contribution in [-0.4, -0.2) is 23.4 Å². The van der Waals surface area contributed by atoms with Gasteiger partial charge >= 0.3 is 0 Å². The normalized spacial score (nSPS) is 33.9. The standard InChI is InChI=1S/C16H20O3/c1-11-6-7-16(9-17)8-14(11)15(19-10-16)12-2-4-13(18)5-3-12/h2-6,14-15,17-18H,7-10H2,1H3/t14-,15?,16+/m0/s1. The third kappa shape index (κ3) is 2.17. The van der Waals surface area contributed by atoms with Crippen molar-refractivity contribution in [2.75, 3.05) is 13.2 Å². The van der Waals surface area contributed by atoms with Crippen molar-refractivity contribution in [2.24, 2.45) is 11.3 Å². The van der Waals surface area contributed by atoms with Gasteiger partial charge in [0.25, 0.3) is 0 Å². The van der Waals surface area contributed by atoms with Gasteiger partial charge in [0, 0.05) is 11.3 Å². The monoisotopic (exact) mass is 260 g/mol. The summed E-state index contributed by atoms with van der Waals surface area (Å²) in [6.07, 6.45) is 4.18. The second-order valence-electron chi connectivity index (χ2n) is 5.94. The summed E-state index contributed by atoms with van der Waals surface area (Å²) in [5.41, 5.74) is 2.36. The van der Waals surface area contributed by atoms with Gasteiger partial charge in [-0.3, -0.25) is 0 Å². The number of benzene rings is 1. The topological polar surface area (TPSA) is 49.7 Å². The number of hydrogen-bond acceptors (Lipinski definition) is 3. The van der Waals surface area contributed by atoms with E-state index in [1.807, 2.05) is 12.1 Å². The summed E-state index contributed by atoms with van der Waals surface area (Å²) >= 11 is 0. The van der Waals surface area contributed by atoms with Gasteiger partial charge in [-0.1, -0.05) is 23.8 Å². The van der Waals surface area contributed by atoms with Crippen molar-refractivity contribution in [3.63, 3.8) is 0 Å². The van der Waals surface area contributed by atoms with Gasteiger partial charge in [0.2, 0.25) is 0 Å². The largest absolute Gasteiger partial charge is 0.508 e. The maximum Gasteiger partial charge on any atom is 0.115 e.